The van der Waals surface area contributed by atoms with Crippen LogP contribution in [0.15, 0.2) is 18.2 Å². The van der Waals surface area contributed by atoms with Gasteiger partial charge in [0.15, 0.2) is 0 Å². The number of carbonyl (C=O) groups is 1. The average Bonchev–Trinajstić information content (AvgIpc) is 2.18. The Balaban J connectivity index is 2.96. The Kier molecular flexibility index (Phi) is 4.34. The van der Waals surface area contributed by atoms with Gasteiger partial charge in [0.2, 0.25) is 0 Å². The lowest BCUT2D eigenvalue weighted by molar-refractivity contribution is -0.139. The minimum atomic E-state index is -0.235. The molecule has 1 rings (SSSR count). The second kappa shape index (κ2) is 5.31. The van der Waals surface area contributed by atoms with Gasteiger partial charge in [-0.1, -0.05) is 12.1 Å². The topological polar surface area (TPSA) is 52.3 Å². The first-order chi connectivity index (χ1) is 6.69. The van der Waals surface area contributed by atoms with Crippen LogP contribution in [-0.2, 0) is 22.5 Å². The first-order valence-corrected chi connectivity index (χ1v) is 5.30. The molecule has 4 heteroatoms. The number of rotatable bonds is 3. The fourth-order valence-electron chi connectivity index (χ4n) is 1.23. The zero-order valence-electron chi connectivity index (χ0n) is 7.92. The molecule has 0 bridgehead atoms. The molecular weight excluding hydrogens is 293 g/mol. The molecule has 0 aliphatic carbocycles. The van der Waals surface area contributed by atoms with Crippen molar-refractivity contribution in [1.29, 1.82) is 0 Å². The molecule has 0 radical (unpaired) electrons. The molecule has 0 amide bonds. The van der Waals surface area contributed by atoms with Crippen LogP contribution in [0.4, 0.5) is 0 Å². The molecule has 2 N–H and O–H groups in total. The molecule has 0 atom stereocenters. The van der Waals surface area contributed by atoms with E-state index in [0.717, 1.165) is 14.7 Å². The van der Waals surface area contributed by atoms with E-state index in [0.29, 0.717) is 13.0 Å². The molecule has 0 unspecified atom stereocenters. The highest BCUT2D eigenvalue weighted by Crippen LogP contribution is 2.17. The summed E-state index contributed by atoms with van der Waals surface area (Å²) < 4.78 is 5.70. The maximum atomic E-state index is 11.1. The number of hydrogen-bond acceptors (Lipinski definition) is 3. The van der Waals surface area contributed by atoms with Crippen LogP contribution in [0.3, 0.4) is 0 Å². The van der Waals surface area contributed by atoms with E-state index in [1.54, 1.807) is 0 Å². The van der Waals surface area contributed by atoms with Crippen molar-refractivity contribution >= 4 is 28.6 Å². The maximum absolute atomic E-state index is 11.1. The summed E-state index contributed by atoms with van der Waals surface area (Å²) in [5, 5.41) is 0. The molecule has 0 aliphatic rings. The van der Waals surface area contributed by atoms with E-state index in [9.17, 15) is 4.79 Å². The molecule has 0 heterocycles. The Morgan fingerprint density at radius 2 is 2.29 bits per heavy atom. The smallest absolute Gasteiger partial charge is 0.309 e. The summed E-state index contributed by atoms with van der Waals surface area (Å²) >= 11 is 2.21. The average molecular weight is 305 g/mol. The Morgan fingerprint density at radius 3 is 2.86 bits per heavy atom. The Labute approximate surface area is 96.8 Å². The number of halogens is 1. The number of nitrogens with two attached hydrogens (primary N) is 1. The van der Waals surface area contributed by atoms with Crippen LogP contribution in [0.2, 0.25) is 0 Å². The van der Waals surface area contributed by atoms with E-state index in [-0.39, 0.29) is 5.97 Å². The van der Waals surface area contributed by atoms with Gasteiger partial charge >= 0.3 is 5.97 Å². The highest BCUT2D eigenvalue weighted by atomic mass is 127. The van der Waals surface area contributed by atoms with Gasteiger partial charge in [0.1, 0.15) is 0 Å². The van der Waals surface area contributed by atoms with E-state index in [4.69, 9.17) is 5.73 Å². The number of esters is 1. The second-order valence-electron chi connectivity index (χ2n) is 2.83. The van der Waals surface area contributed by atoms with E-state index < -0.39 is 0 Å². The van der Waals surface area contributed by atoms with E-state index in [2.05, 4.69) is 27.3 Å². The molecule has 1 aromatic rings. The van der Waals surface area contributed by atoms with Crippen LogP contribution in [-0.4, -0.2) is 13.1 Å². The molecule has 0 saturated heterocycles. The van der Waals surface area contributed by atoms with Crippen molar-refractivity contribution in [3.63, 3.8) is 0 Å². The fraction of sp³-hybridized carbons (Fsp3) is 0.300. The Bertz CT molecular complexity index is 339. The summed E-state index contributed by atoms with van der Waals surface area (Å²) in [7, 11) is 1.39. The molecule has 0 aliphatic heterocycles. The predicted molar refractivity (Wildman–Crippen MR) is 62.8 cm³/mol. The van der Waals surface area contributed by atoms with Crippen molar-refractivity contribution in [3.05, 3.63) is 32.9 Å². The molecule has 3 nitrogen and oxygen atoms in total. The lowest BCUT2D eigenvalue weighted by Gasteiger charge is -2.08. The summed E-state index contributed by atoms with van der Waals surface area (Å²) in [6.07, 6.45) is 0.292. The predicted octanol–water partition coefficient (Wildman–Crippen LogP) is 1.47. The van der Waals surface area contributed by atoms with Crippen LogP contribution in [0, 0.1) is 3.57 Å². The summed E-state index contributed by atoms with van der Waals surface area (Å²) in [6.45, 7) is 0.450. The zero-order chi connectivity index (χ0) is 10.6. The van der Waals surface area contributed by atoms with Gasteiger partial charge in [0.25, 0.3) is 0 Å². The van der Waals surface area contributed by atoms with Crippen molar-refractivity contribution in [1.82, 2.24) is 0 Å². The van der Waals surface area contributed by atoms with Crippen LogP contribution < -0.4 is 5.73 Å². The number of benzene rings is 1. The summed E-state index contributed by atoms with van der Waals surface area (Å²) in [5.74, 6) is -0.235. The lowest BCUT2D eigenvalue weighted by atomic mass is 10.1. The largest absolute Gasteiger partial charge is 0.469 e. The highest BCUT2D eigenvalue weighted by molar-refractivity contribution is 14.1. The standard InChI is InChI=1S/C10H12INO2/c1-14-10(13)5-7-3-2-4-9(11)8(7)6-12/h2-4H,5-6,12H2,1H3. The quantitative estimate of drug-likeness (QED) is 0.679. The third-order valence-electron chi connectivity index (χ3n) is 1.98. The molecule has 1 aromatic carbocycles. The summed E-state index contributed by atoms with van der Waals surface area (Å²) in [5.41, 5.74) is 7.59. The van der Waals surface area contributed by atoms with Crippen molar-refractivity contribution in [2.24, 2.45) is 5.73 Å². The molecule has 0 spiro atoms. The van der Waals surface area contributed by atoms with Crippen LogP contribution in [0.1, 0.15) is 11.1 Å². The van der Waals surface area contributed by atoms with Crippen LogP contribution in [0.5, 0.6) is 0 Å². The van der Waals surface area contributed by atoms with Crippen molar-refractivity contribution in [3.8, 4) is 0 Å². The molecule has 0 aromatic heterocycles. The van der Waals surface area contributed by atoms with Crippen molar-refractivity contribution in [2.45, 2.75) is 13.0 Å². The van der Waals surface area contributed by atoms with E-state index in [1.165, 1.54) is 7.11 Å². The van der Waals surface area contributed by atoms with Crippen molar-refractivity contribution < 1.29 is 9.53 Å². The Morgan fingerprint density at radius 1 is 1.57 bits per heavy atom. The maximum Gasteiger partial charge on any atom is 0.309 e. The van der Waals surface area contributed by atoms with Gasteiger partial charge in [-0.15, -0.1) is 0 Å². The Hall–Kier alpha value is -0.620. The molecule has 14 heavy (non-hydrogen) atoms. The first kappa shape index (κ1) is 11.5. The number of methoxy groups -OCH3 is 1. The van der Waals surface area contributed by atoms with Gasteiger partial charge < -0.3 is 10.5 Å². The van der Waals surface area contributed by atoms with E-state index in [1.807, 2.05) is 18.2 Å². The van der Waals surface area contributed by atoms with E-state index >= 15 is 0 Å². The molecule has 0 fully saturated rings. The third kappa shape index (κ3) is 2.68. The van der Waals surface area contributed by atoms with Gasteiger partial charge in [-0.05, 0) is 39.8 Å². The van der Waals surface area contributed by atoms with Gasteiger partial charge in [-0.25, -0.2) is 0 Å². The minimum absolute atomic E-state index is 0.235. The fourth-order valence-corrected chi connectivity index (χ4v) is 2.00. The lowest BCUT2D eigenvalue weighted by Crippen LogP contribution is -2.10. The third-order valence-corrected chi connectivity index (χ3v) is 2.99. The number of carbonyl (C=O) groups excluding carboxylic acids is 1. The van der Waals surface area contributed by atoms with Crippen molar-refractivity contribution in [2.75, 3.05) is 7.11 Å². The molecule has 76 valence electrons. The monoisotopic (exact) mass is 305 g/mol. The number of ether oxygens (including phenoxy) is 1. The summed E-state index contributed by atoms with van der Waals surface area (Å²) in [6, 6.07) is 5.80. The van der Waals surface area contributed by atoms with Gasteiger partial charge in [-0.3, -0.25) is 4.79 Å². The summed E-state index contributed by atoms with van der Waals surface area (Å²) in [4.78, 5) is 11.1. The molecular formula is C10H12INO2. The zero-order valence-corrected chi connectivity index (χ0v) is 10.1. The number of hydrogen-bond donors (Lipinski definition) is 1. The van der Waals surface area contributed by atoms with Crippen LogP contribution >= 0.6 is 22.6 Å². The normalized spacial score (nSPS) is 9.93. The van der Waals surface area contributed by atoms with Gasteiger partial charge in [0.05, 0.1) is 13.5 Å². The second-order valence-corrected chi connectivity index (χ2v) is 4.00. The first-order valence-electron chi connectivity index (χ1n) is 4.22. The van der Waals surface area contributed by atoms with Gasteiger partial charge in [-0.2, -0.15) is 0 Å². The SMILES string of the molecule is COC(=O)Cc1cccc(I)c1CN. The minimum Gasteiger partial charge on any atom is -0.469 e. The molecule has 0 saturated carbocycles. The van der Waals surface area contributed by atoms with Gasteiger partial charge in [0, 0.05) is 10.1 Å². The van der Waals surface area contributed by atoms with Crippen LogP contribution in [0.25, 0.3) is 0 Å². The highest BCUT2D eigenvalue weighted by Gasteiger charge is 2.09.